The lowest BCUT2D eigenvalue weighted by Gasteiger charge is -2.08. The van der Waals surface area contributed by atoms with Crippen LogP contribution in [0.1, 0.15) is 12.5 Å². The van der Waals surface area contributed by atoms with Crippen LogP contribution in [0.2, 0.25) is 0 Å². The third-order valence-corrected chi connectivity index (χ3v) is 1.73. The number of Topliss-reactive ketones (excluding diaryl/α,β-unsaturated/α-hetero) is 1. The topological polar surface area (TPSA) is 26.3 Å². The number of hydrogen-bond donors (Lipinski definition) is 0. The van der Waals surface area contributed by atoms with Gasteiger partial charge in [0.15, 0.2) is 11.5 Å². The summed E-state index contributed by atoms with van der Waals surface area (Å²) in [6, 6.07) is 9.36. The van der Waals surface area contributed by atoms with Crippen molar-refractivity contribution in [2.24, 2.45) is 0 Å². The first-order chi connectivity index (χ1) is 6.61. The van der Waals surface area contributed by atoms with Crippen LogP contribution in [0.3, 0.4) is 0 Å². The highest BCUT2D eigenvalue weighted by molar-refractivity contribution is 5.91. The molecule has 2 heteroatoms. The van der Waals surface area contributed by atoms with E-state index in [1.807, 2.05) is 30.3 Å². The van der Waals surface area contributed by atoms with Crippen molar-refractivity contribution in [2.75, 3.05) is 0 Å². The molecule has 72 valence electrons. The van der Waals surface area contributed by atoms with Crippen LogP contribution in [0, 0.1) is 0 Å². The highest BCUT2D eigenvalue weighted by atomic mass is 16.5. The first kappa shape index (κ1) is 10.3. The molecule has 0 saturated carbocycles. The van der Waals surface area contributed by atoms with E-state index in [0.29, 0.717) is 5.76 Å². The molecule has 0 amide bonds. The molecule has 14 heavy (non-hydrogen) atoms. The maximum atomic E-state index is 10.8. The van der Waals surface area contributed by atoms with Gasteiger partial charge in [0.1, 0.15) is 5.76 Å². The number of carbonyl (C=O) groups is 1. The fourth-order valence-corrected chi connectivity index (χ4v) is 0.904. The van der Waals surface area contributed by atoms with Gasteiger partial charge in [-0.05, 0) is 0 Å². The Morgan fingerprint density at radius 2 is 1.79 bits per heavy atom. The van der Waals surface area contributed by atoms with Crippen LogP contribution < -0.4 is 0 Å². The molecule has 0 aromatic heterocycles. The van der Waals surface area contributed by atoms with Gasteiger partial charge in [-0.1, -0.05) is 43.5 Å². The number of allylic oxidation sites excluding steroid dienone is 1. The van der Waals surface area contributed by atoms with E-state index < -0.39 is 0 Å². The van der Waals surface area contributed by atoms with E-state index in [1.165, 1.54) is 6.92 Å². The molecule has 0 aliphatic rings. The Morgan fingerprint density at radius 3 is 2.29 bits per heavy atom. The Bertz CT molecular complexity index is 363. The van der Waals surface area contributed by atoms with E-state index in [2.05, 4.69) is 13.2 Å². The summed E-state index contributed by atoms with van der Waals surface area (Å²) in [6.45, 7) is 8.60. The van der Waals surface area contributed by atoms with Gasteiger partial charge in [-0.25, -0.2) is 0 Å². The molecular formula is C12H12O2. The summed E-state index contributed by atoms with van der Waals surface area (Å²) in [7, 11) is 0. The molecule has 0 radical (unpaired) electrons. The van der Waals surface area contributed by atoms with Gasteiger partial charge in [-0.2, -0.15) is 0 Å². The maximum Gasteiger partial charge on any atom is 0.194 e. The molecule has 0 bridgehead atoms. The van der Waals surface area contributed by atoms with Crippen molar-refractivity contribution in [3.63, 3.8) is 0 Å². The SMILES string of the molecule is C=C(OC(=C)c1ccccc1)C(C)=O. The first-order valence-corrected chi connectivity index (χ1v) is 4.23. The van der Waals surface area contributed by atoms with Crippen molar-refractivity contribution in [1.82, 2.24) is 0 Å². The van der Waals surface area contributed by atoms with E-state index in [-0.39, 0.29) is 11.5 Å². The molecule has 1 rings (SSSR count). The normalized spacial score (nSPS) is 9.21. The summed E-state index contributed by atoms with van der Waals surface area (Å²) in [5.41, 5.74) is 0.843. The average Bonchev–Trinajstić information content (AvgIpc) is 2.19. The molecule has 1 aromatic carbocycles. The number of ether oxygens (including phenoxy) is 1. The lowest BCUT2D eigenvalue weighted by molar-refractivity contribution is -0.115. The van der Waals surface area contributed by atoms with Crippen molar-refractivity contribution in [2.45, 2.75) is 6.92 Å². The number of rotatable bonds is 4. The van der Waals surface area contributed by atoms with Crippen LogP contribution in [0.4, 0.5) is 0 Å². The van der Waals surface area contributed by atoms with Gasteiger partial charge in [-0.3, -0.25) is 4.79 Å². The highest BCUT2D eigenvalue weighted by Gasteiger charge is 2.05. The molecule has 0 atom stereocenters. The minimum absolute atomic E-state index is 0.110. The van der Waals surface area contributed by atoms with Gasteiger partial charge < -0.3 is 4.74 Å². The molecule has 0 unspecified atom stereocenters. The second-order valence-electron chi connectivity index (χ2n) is 2.87. The monoisotopic (exact) mass is 188 g/mol. The molecule has 0 aliphatic carbocycles. The summed E-state index contributed by atoms with van der Waals surface area (Å²) in [4.78, 5) is 10.8. The molecule has 0 heterocycles. The minimum atomic E-state index is -0.193. The standard InChI is InChI=1S/C12H12O2/c1-9(13)10(2)14-11(3)12-7-5-4-6-8-12/h4-8H,2-3H2,1H3. The Hall–Kier alpha value is -1.83. The summed E-state index contributed by atoms with van der Waals surface area (Å²) in [5.74, 6) is 0.353. The molecule has 0 aliphatic heterocycles. The number of carbonyl (C=O) groups excluding carboxylic acids is 1. The zero-order chi connectivity index (χ0) is 10.6. The Balaban J connectivity index is 2.69. The molecule has 0 saturated heterocycles. The van der Waals surface area contributed by atoms with Crippen LogP contribution in [0.5, 0.6) is 0 Å². The highest BCUT2D eigenvalue weighted by Crippen LogP contribution is 2.16. The van der Waals surface area contributed by atoms with Crippen LogP contribution in [-0.2, 0) is 9.53 Å². The van der Waals surface area contributed by atoms with Crippen molar-refractivity contribution in [1.29, 1.82) is 0 Å². The second kappa shape index (κ2) is 4.42. The summed E-state index contributed by atoms with van der Waals surface area (Å²) < 4.78 is 5.16. The van der Waals surface area contributed by atoms with Crippen LogP contribution >= 0.6 is 0 Å². The zero-order valence-corrected chi connectivity index (χ0v) is 8.12. The Kier molecular flexibility index (Phi) is 3.24. The fraction of sp³-hybridized carbons (Fsp3) is 0.0833. The molecule has 0 fully saturated rings. The zero-order valence-electron chi connectivity index (χ0n) is 8.12. The quantitative estimate of drug-likeness (QED) is 0.536. The third-order valence-electron chi connectivity index (χ3n) is 1.73. The molecule has 0 spiro atoms. The number of benzene rings is 1. The molecule has 0 N–H and O–H groups in total. The lowest BCUT2D eigenvalue weighted by atomic mass is 10.2. The van der Waals surface area contributed by atoms with E-state index in [0.717, 1.165) is 5.56 Å². The first-order valence-electron chi connectivity index (χ1n) is 4.23. The average molecular weight is 188 g/mol. The van der Waals surface area contributed by atoms with Crippen molar-refractivity contribution in [3.8, 4) is 0 Å². The third kappa shape index (κ3) is 2.59. The van der Waals surface area contributed by atoms with Crippen LogP contribution in [0.25, 0.3) is 5.76 Å². The summed E-state index contributed by atoms with van der Waals surface area (Å²) >= 11 is 0. The van der Waals surface area contributed by atoms with E-state index >= 15 is 0 Å². The van der Waals surface area contributed by atoms with E-state index in [1.54, 1.807) is 0 Å². The lowest BCUT2D eigenvalue weighted by Crippen LogP contribution is -1.99. The largest absolute Gasteiger partial charge is 0.454 e. The van der Waals surface area contributed by atoms with Gasteiger partial charge in [0, 0.05) is 12.5 Å². The van der Waals surface area contributed by atoms with E-state index in [9.17, 15) is 4.79 Å². The summed E-state index contributed by atoms with van der Waals surface area (Å²) in [6.07, 6.45) is 0. The molecule has 1 aromatic rings. The predicted molar refractivity (Wildman–Crippen MR) is 56.4 cm³/mol. The Morgan fingerprint density at radius 1 is 1.21 bits per heavy atom. The molecular weight excluding hydrogens is 176 g/mol. The number of hydrogen-bond acceptors (Lipinski definition) is 2. The van der Waals surface area contributed by atoms with Crippen LogP contribution in [0.15, 0.2) is 49.2 Å². The minimum Gasteiger partial charge on any atom is -0.454 e. The van der Waals surface area contributed by atoms with Gasteiger partial charge >= 0.3 is 0 Å². The predicted octanol–water partition coefficient (Wildman–Crippen LogP) is 2.78. The number of ketones is 1. The fourth-order valence-electron chi connectivity index (χ4n) is 0.904. The van der Waals surface area contributed by atoms with Crippen LogP contribution in [-0.4, -0.2) is 5.78 Å². The maximum absolute atomic E-state index is 10.8. The van der Waals surface area contributed by atoms with E-state index in [4.69, 9.17) is 4.74 Å². The Labute approximate surface area is 83.5 Å². The van der Waals surface area contributed by atoms with Crippen molar-refractivity contribution < 1.29 is 9.53 Å². The van der Waals surface area contributed by atoms with Gasteiger partial charge in [0.05, 0.1) is 0 Å². The van der Waals surface area contributed by atoms with Gasteiger partial charge in [-0.15, -0.1) is 0 Å². The summed E-state index contributed by atoms with van der Waals surface area (Å²) in [5, 5.41) is 0. The molecule has 2 nitrogen and oxygen atoms in total. The van der Waals surface area contributed by atoms with Crippen molar-refractivity contribution in [3.05, 3.63) is 54.8 Å². The second-order valence-corrected chi connectivity index (χ2v) is 2.87. The van der Waals surface area contributed by atoms with Gasteiger partial charge in [0.25, 0.3) is 0 Å². The smallest absolute Gasteiger partial charge is 0.194 e. The van der Waals surface area contributed by atoms with Gasteiger partial charge in [0.2, 0.25) is 0 Å². The van der Waals surface area contributed by atoms with Crippen molar-refractivity contribution >= 4 is 11.5 Å².